The summed E-state index contributed by atoms with van der Waals surface area (Å²) >= 11 is 6.40. The number of anilines is 3. The number of rotatable bonds is 8. The second-order valence-electron chi connectivity index (χ2n) is 11.1. The van der Waals surface area contributed by atoms with Crippen molar-refractivity contribution in [3.8, 4) is 11.1 Å². The topological polar surface area (TPSA) is 82.9 Å². The van der Waals surface area contributed by atoms with Crippen molar-refractivity contribution in [3.05, 3.63) is 64.8 Å². The quantitative estimate of drug-likeness (QED) is 0.268. The molecule has 204 valence electrons. The Hall–Kier alpha value is -3.20. The summed E-state index contributed by atoms with van der Waals surface area (Å²) in [7, 11) is 0. The number of aryl methyl sites for hydroxylation is 1. The smallest absolute Gasteiger partial charge is 0.372 e. The standard InChI is InChI=1S/C28H34ClF3N6/c1-17(16-27(2,3)4)38-13-5-6-21(38)12-9-18-7-10-19(11-8-18)24-22(28(30,31)32)14-20(15-23(24)29)34-26-35-25(33)36-37-26/h7-8,10-11,14-15,21H,1,5-6,9,12-13,16H2,2-4H3,(H4,33,34,35,36,37). The molecule has 1 saturated heterocycles. The molecule has 0 saturated carbocycles. The molecule has 3 aromatic rings. The zero-order valence-corrected chi connectivity index (χ0v) is 22.7. The minimum absolute atomic E-state index is 0.0301. The van der Waals surface area contributed by atoms with E-state index in [1.807, 2.05) is 12.1 Å². The van der Waals surface area contributed by atoms with Crippen LogP contribution in [0.5, 0.6) is 0 Å². The van der Waals surface area contributed by atoms with E-state index in [-0.39, 0.29) is 33.6 Å². The summed E-state index contributed by atoms with van der Waals surface area (Å²) in [6.45, 7) is 12.0. The molecule has 2 heterocycles. The van der Waals surface area contributed by atoms with Crippen LogP contribution in [0.15, 0.2) is 48.7 Å². The molecule has 38 heavy (non-hydrogen) atoms. The van der Waals surface area contributed by atoms with Gasteiger partial charge in [-0.05, 0) is 60.8 Å². The molecule has 1 aliphatic rings. The van der Waals surface area contributed by atoms with Crippen molar-refractivity contribution in [1.29, 1.82) is 0 Å². The molecule has 0 radical (unpaired) electrons. The molecule has 1 aromatic heterocycles. The van der Waals surface area contributed by atoms with Crippen LogP contribution >= 0.6 is 11.6 Å². The maximum absolute atomic E-state index is 14.1. The predicted molar refractivity (Wildman–Crippen MR) is 147 cm³/mol. The Morgan fingerprint density at radius 3 is 2.53 bits per heavy atom. The minimum atomic E-state index is -4.62. The number of hydrogen-bond donors (Lipinski definition) is 3. The van der Waals surface area contributed by atoms with Crippen molar-refractivity contribution in [2.24, 2.45) is 5.41 Å². The lowest BCUT2D eigenvalue weighted by Gasteiger charge is -2.32. The number of aromatic amines is 1. The monoisotopic (exact) mass is 546 g/mol. The Morgan fingerprint density at radius 2 is 1.92 bits per heavy atom. The molecule has 1 fully saturated rings. The van der Waals surface area contributed by atoms with Gasteiger partial charge in [0, 0.05) is 29.5 Å². The SMILES string of the molecule is C=C(CC(C)(C)C)N1CCCC1CCc1ccc(-c2c(Cl)cc(Nc3n[nH]c(N)n3)cc2C(F)(F)F)cc1. The van der Waals surface area contributed by atoms with Crippen molar-refractivity contribution in [2.45, 2.75) is 65.1 Å². The van der Waals surface area contributed by atoms with Gasteiger partial charge in [-0.15, -0.1) is 5.10 Å². The van der Waals surface area contributed by atoms with E-state index < -0.39 is 11.7 Å². The van der Waals surface area contributed by atoms with Gasteiger partial charge < -0.3 is 16.0 Å². The van der Waals surface area contributed by atoms with Crippen LogP contribution in [0.3, 0.4) is 0 Å². The molecule has 1 aliphatic heterocycles. The Bertz CT molecular complexity index is 1280. The average molecular weight is 547 g/mol. The fraction of sp³-hybridized carbons (Fsp3) is 0.429. The Balaban J connectivity index is 1.50. The minimum Gasteiger partial charge on any atom is -0.372 e. The van der Waals surface area contributed by atoms with E-state index in [1.165, 1.54) is 11.8 Å². The third kappa shape index (κ3) is 6.81. The molecule has 0 bridgehead atoms. The second kappa shape index (κ2) is 10.9. The zero-order chi connectivity index (χ0) is 27.7. The first-order valence-corrected chi connectivity index (χ1v) is 13.1. The molecular weight excluding hydrogens is 513 g/mol. The van der Waals surface area contributed by atoms with Crippen molar-refractivity contribution in [1.82, 2.24) is 20.1 Å². The number of H-pyrrole nitrogens is 1. The summed E-state index contributed by atoms with van der Waals surface area (Å²) < 4.78 is 42.2. The molecule has 1 atom stereocenters. The summed E-state index contributed by atoms with van der Waals surface area (Å²) in [5, 5.41) is 8.90. The lowest BCUT2D eigenvalue weighted by Crippen LogP contribution is -2.30. The number of alkyl halides is 3. The largest absolute Gasteiger partial charge is 0.417 e. The summed E-state index contributed by atoms with van der Waals surface area (Å²) in [5.41, 5.74) is 7.55. The van der Waals surface area contributed by atoms with Gasteiger partial charge in [0.15, 0.2) is 0 Å². The van der Waals surface area contributed by atoms with Crippen molar-refractivity contribution >= 4 is 29.2 Å². The summed E-state index contributed by atoms with van der Waals surface area (Å²) in [4.78, 5) is 6.30. The number of nitrogens with two attached hydrogens (primary N) is 1. The summed E-state index contributed by atoms with van der Waals surface area (Å²) in [5.74, 6) is 0.0911. The van der Waals surface area contributed by atoms with Gasteiger partial charge in [0.2, 0.25) is 11.9 Å². The fourth-order valence-corrected chi connectivity index (χ4v) is 5.42. The fourth-order valence-electron chi connectivity index (χ4n) is 5.09. The number of likely N-dealkylation sites (tertiary alicyclic amines) is 1. The molecular formula is C28H34ClF3N6. The lowest BCUT2D eigenvalue weighted by molar-refractivity contribution is -0.137. The normalized spacial score (nSPS) is 16.2. The molecule has 0 aliphatic carbocycles. The molecule has 10 heteroatoms. The van der Waals surface area contributed by atoms with Crippen LogP contribution in [0.25, 0.3) is 11.1 Å². The predicted octanol–water partition coefficient (Wildman–Crippen LogP) is 7.82. The van der Waals surface area contributed by atoms with Gasteiger partial charge in [-0.2, -0.15) is 18.2 Å². The molecule has 4 rings (SSSR count). The van der Waals surface area contributed by atoms with Gasteiger partial charge in [-0.1, -0.05) is 63.2 Å². The van der Waals surface area contributed by atoms with Gasteiger partial charge in [-0.25, -0.2) is 5.10 Å². The van der Waals surface area contributed by atoms with E-state index in [9.17, 15) is 13.2 Å². The first-order valence-electron chi connectivity index (χ1n) is 12.7. The molecule has 6 nitrogen and oxygen atoms in total. The third-order valence-corrected chi connectivity index (χ3v) is 6.98. The lowest BCUT2D eigenvalue weighted by atomic mass is 9.90. The average Bonchev–Trinajstić information content (AvgIpc) is 3.45. The van der Waals surface area contributed by atoms with E-state index in [4.69, 9.17) is 17.3 Å². The van der Waals surface area contributed by atoms with Gasteiger partial charge in [0.25, 0.3) is 0 Å². The summed E-state index contributed by atoms with van der Waals surface area (Å²) in [6, 6.07) is 10.1. The number of allylic oxidation sites excluding steroid dienone is 1. The van der Waals surface area contributed by atoms with E-state index >= 15 is 0 Å². The Morgan fingerprint density at radius 1 is 1.21 bits per heavy atom. The van der Waals surface area contributed by atoms with Gasteiger partial charge >= 0.3 is 6.18 Å². The first kappa shape index (κ1) is 27.8. The van der Waals surface area contributed by atoms with Crippen LogP contribution in [-0.4, -0.2) is 32.7 Å². The van der Waals surface area contributed by atoms with Crippen LogP contribution in [0.4, 0.5) is 30.8 Å². The molecule has 0 spiro atoms. The Labute approximate surface area is 226 Å². The maximum Gasteiger partial charge on any atom is 0.417 e. The van der Waals surface area contributed by atoms with Crippen molar-refractivity contribution < 1.29 is 13.2 Å². The molecule has 4 N–H and O–H groups in total. The molecule has 1 unspecified atom stereocenters. The van der Waals surface area contributed by atoms with Crippen LogP contribution in [0, 0.1) is 5.41 Å². The Kier molecular flexibility index (Phi) is 7.97. The first-order chi connectivity index (χ1) is 17.8. The number of halogens is 4. The van der Waals surface area contributed by atoms with Crippen LogP contribution in [-0.2, 0) is 12.6 Å². The third-order valence-electron chi connectivity index (χ3n) is 6.68. The van der Waals surface area contributed by atoms with E-state index in [2.05, 4.69) is 52.7 Å². The molecule has 0 amide bonds. The van der Waals surface area contributed by atoms with Gasteiger partial charge in [0.1, 0.15) is 0 Å². The van der Waals surface area contributed by atoms with Crippen LogP contribution in [0.1, 0.15) is 57.6 Å². The number of nitrogens with one attached hydrogen (secondary N) is 2. The second-order valence-corrected chi connectivity index (χ2v) is 11.5. The van der Waals surface area contributed by atoms with E-state index in [0.717, 1.165) is 50.3 Å². The van der Waals surface area contributed by atoms with Crippen molar-refractivity contribution in [3.63, 3.8) is 0 Å². The number of nitrogens with zero attached hydrogens (tertiary/aromatic N) is 3. The highest BCUT2D eigenvalue weighted by molar-refractivity contribution is 6.34. The van der Waals surface area contributed by atoms with Gasteiger partial charge in [-0.3, -0.25) is 0 Å². The van der Waals surface area contributed by atoms with Crippen molar-refractivity contribution in [2.75, 3.05) is 17.6 Å². The number of aromatic nitrogens is 3. The van der Waals surface area contributed by atoms with Gasteiger partial charge in [0.05, 0.1) is 10.6 Å². The molecule has 2 aromatic carbocycles. The highest BCUT2D eigenvalue weighted by Crippen LogP contribution is 2.43. The zero-order valence-electron chi connectivity index (χ0n) is 21.9. The highest BCUT2D eigenvalue weighted by atomic mass is 35.5. The highest BCUT2D eigenvalue weighted by Gasteiger charge is 2.35. The number of nitrogen functional groups attached to an aromatic ring is 1. The van der Waals surface area contributed by atoms with E-state index in [0.29, 0.717) is 11.6 Å². The van der Waals surface area contributed by atoms with Crippen LogP contribution in [0.2, 0.25) is 5.02 Å². The number of benzene rings is 2. The maximum atomic E-state index is 14.1. The summed E-state index contributed by atoms with van der Waals surface area (Å²) in [6.07, 6.45) is 0.443. The van der Waals surface area contributed by atoms with Crippen LogP contribution < -0.4 is 11.1 Å². The van der Waals surface area contributed by atoms with E-state index in [1.54, 1.807) is 12.1 Å². The number of hydrogen-bond acceptors (Lipinski definition) is 5.